The minimum absolute atomic E-state index is 0.152. The first kappa shape index (κ1) is 14.2. The van der Waals surface area contributed by atoms with Gasteiger partial charge in [0.05, 0.1) is 5.60 Å². The van der Waals surface area contributed by atoms with E-state index >= 15 is 0 Å². The van der Waals surface area contributed by atoms with Crippen LogP contribution in [0.25, 0.3) is 0 Å². The Balaban J connectivity index is 1.22. The molecule has 3 fully saturated rings. The summed E-state index contributed by atoms with van der Waals surface area (Å²) in [6.07, 6.45) is 5.17. The summed E-state index contributed by atoms with van der Waals surface area (Å²) in [4.78, 5) is 2.52. The van der Waals surface area contributed by atoms with Gasteiger partial charge in [-0.1, -0.05) is 0 Å². The average molecular weight is 307 g/mol. The maximum atomic E-state index is 6.13. The Kier molecular flexibility index (Phi) is 4.05. The van der Waals surface area contributed by atoms with E-state index < -0.39 is 0 Å². The van der Waals surface area contributed by atoms with Gasteiger partial charge in [-0.25, -0.2) is 0 Å². The molecule has 4 heteroatoms. The van der Waals surface area contributed by atoms with E-state index in [4.69, 9.17) is 9.47 Å². The van der Waals surface area contributed by atoms with Gasteiger partial charge in [0.15, 0.2) is 0 Å². The van der Waals surface area contributed by atoms with E-state index in [-0.39, 0.29) is 5.60 Å². The molecular formula is C17H25NO2S. The maximum Gasteiger partial charge on any atom is 0.0964 e. The lowest BCUT2D eigenvalue weighted by Gasteiger charge is -2.50. The highest BCUT2D eigenvalue weighted by molar-refractivity contribution is 7.07. The third-order valence-corrected chi connectivity index (χ3v) is 5.96. The summed E-state index contributed by atoms with van der Waals surface area (Å²) < 4.78 is 12.0. The molecule has 0 radical (unpaired) electrons. The van der Waals surface area contributed by atoms with Gasteiger partial charge >= 0.3 is 0 Å². The molecule has 116 valence electrons. The van der Waals surface area contributed by atoms with Crippen LogP contribution in [0.1, 0.15) is 31.2 Å². The zero-order chi connectivity index (χ0) is 14.1. The van der Waals surface area contributed by atoms with Crippen molar-refractivity contribution in [3.63, 3.8) is 0 Å². The monoisotopic (exact) mass is 307 g/mol. The second kappa shape index (κ2) is 5.99. The largest absolute Gasteiger partial charge is 0.381 e. The Morgan fingerprint density at radius 2 is 2.24 bits per heavy atom. The van der Waals surface area contributed by atoms with Crippen molar-refractivity contribution < 1.29 is 9.47 Å². The first-order chi connectivity index (χ1) is 10.3. The van der Waals surface area contributed by atoms with Gasteiger partial charge < -0.3 is 9.47 Å². The molecule has 21 heavy (non-hydrogen) atoms. The van der Waals surface area contributed by atoms with Crippen LogP contribution in [0.3, 0.4) is 0 Å². The van der Waals surface area contributed by atoms with Crippen LogP contribution in [0, 0.1) is 11.8 Å². The van der Waals surface area contributed by atoms with Crippen LogP contribution in [0.4, 0.5) is 0 Å². The van der Waals surface area contributed by atoms with Gasteiger partial charge in [0.2, 0.25) is 0 Å². The van der Waals surface area contributed by atoms with Crippen LogP contribution < -0.4 is 0 Å². The summed E-state index contributed by atoms with van der Waals surface area (Å²) >= 11 is 1.79. The van der Waals surface area contributed by atoms with E-state index in [2.05, 4.69) is 21.7 Å². The van der Waals surface area contributed by atoms with E-state index in [1.165, 1.54) is 31.2 Å². The first-order valence-electron chi connectivity index (χ1n) is 8.29. The number of hydrogen-bond acceptors (Lipinski definition) is 4. The molecule has 2 aliphatic heterocycles. The van der Waals surface area contributed by atoms with E-state index in [1.54, 1.807) is 11.3 Å². The molecule has 1 spiro atoms. The summed E-state index contributed by atoms with van der Waals surface area (Å²) in [5.41, 5.74) is 1.59. The highest BCUT2D eigenvalue weighted by Crippen LogP contribution is 2.42. The SMILES string of the molecule is c1cc(CN2CC3(C2)OCC[C@@H]3CCOCC2CC2)cs1. The molecule has 3 heterocycles. The average Bonchev–Trinajstić information content (AvgIpc) is 2.96. The lowest BCUT2D eigenvalue weighted by molar-refractivity contribution is -0.139. The van der Waals surface area contributed by atoms with Crippen LogP contribution in [0.15, 0.2) is 16.8 Å². The fraction of sp³-hybridized carbons (Fsp3) is 0.765. The Labute approximate surface area is 131 Å². The number of thiophene rings is 1. The standard InChI is InChI=1S/C17H25NO2S/c1-2-14(1)10-19-6-3-16-4-7-20-17(16)12-18(13-17)9-15-5-8-21-11-15/h5,8,11,14,16H,1-4,6-7,9-10,12-13H2/t16-/m0/s1. The van der Waals surface area contributed by atoms with Crippen LogP contribution in [-0.2, 0) is 16.0 Å². The highest BCUT2D eigenvalue weighted by Gasteiger charge is 2.52. The maximum absolute atomic E-state index is 6.13. The highest BCUT2D eigenvalue weighted by atomic mass is 32.1. The Bertz CT molecular complexity index is 451. The van der Waals surface area contributed by atoms with E-state index in [0.29, 0.717) is 5.92 Å². The van der Waals surface area contributed by atoms with Crippen molar-refractivity contribution in [3.8, 4) is 0 Å². The van der Waals surface area contributed by atoms with Gasteiger partial charge in [-0.15, -0.1) is 0 Å². The minimum atomic E-state index is 0.152. The Hall–Kier alpha value is -0.420. The number of likely N-dealkylation sites (tertiary alicyclic amines) is 1. The van der Waals surface area contributed by atoms with Crippen molar-refractivity contribution in [1.82, 2.24) is 4.90 Å². The van der Waals surface area contributed by atoms with Gasteiger partial charge in [0, 0.05) is 39.5 Å². The smallest absolute Gasteiger partial charge is 0.0964 e. The Morgan fingerprint density at radius 1 is 1.33 bits per heavy atom. The molecule has 0 aromatic carbocycles. The topological polar surface area (TPSA) is 21.7 Å². The van der Waals surface area contributed by atoms with Crippen LogP contribution in [-0.4, -0.2) is 43.4 Å². The normalized spacial score (nSPS) is 28.1. The first-order valence-corrected chi connectivity index (χ1v) is 9.23. The van der Waals surface area contributed by atoms with Crippen molar-refractivity contribution in [2.75, 3.05) is 32.9 Å². The molecule has 1 aromatic heterocycles. The van der Waals surface area contributed by atoms with E-state index in [9.17, 15) is 0 Å². The fourth-order valence-corrected chi connectivity index (χ4v) is 4.43. The van der Waals surface area contributed by atoms with Gasteiger partial charge in [-0.05, 0) is 59.9 Å². The van der Waals surface area contributed by atoms with Crippen LogP contribution in [0.2, 0.25) is 0 Å². The third-order valence-electron chi connectivity index (χ3n) is 5.23. The lowest BCUT2D eigenvalue weighted by atomic mass is 9.79. The molecule has 2 saturated heterocycles. The summed E-state index contributed by atoms with van der Waals surface area (Å²) in [5.74, 6) is 1.58. The minimum Gasteiger partial charge on any atom is -0.381 e. The summed E-state index contributed by atoms with van der Waals surface area (Å²) in [6.45, 7) is 6.16. The molecule has 4 rings (SSSR count). The number of ether oxygens (including phenoxy) is 2. The van der Waals surface area contributed by atoms with E-state index in [1.807, 2.05) is 0 Å². The molecule has 0 amide bonds. The molecule has 0 unspecified atom stereocenters. The number of nitrogens with zero attached hydrogens (tertiary/aromatic N) is 1. The summed E-state index contributed by atoms with van der Waals surface area (Å²) in [5, 5.41) is 4.42. The summed E-state index contributed by atoms with van der Waals surface area (Å²) in [6, 6.07) is 2.23. The lowest BCUT2D eigenvalue weighted by Crippen LogP contribution is -2.64. The Morgan fingerprint density at radius 3 is 3.00 bits per heavy atom. The van der Waals surface area contributed by atoms with Crippen LogP contribution in [0.5, 0.6) is 0 Å². The van der Waals surface area contributed by atoms with Crippen molar-refractivity contribution in [3.05, 3.63) is 22.4 Å². The van der Waals surface area contributed by atoms with Gasteiger partial charge in [0.25, 0.3) is 0 Å². The zero-order valence-corrected chi connectivity index (χ0v) is 13.4. The molecule has 0 N–H and O–H groups in total. The van der Waals surface area contributed by atoms with Gasteiger partial charge in [-0.3, -0.25) is 4.90 Å². The second-order valence-corrected chi connectivity index (χ2v) is 7.76. The third kappa shape index (κ3) is 3.19. The zero-order valence-electron chi connectivity index (χ0n) is 12.6. The van der Waals surface area contributed by atoms with E-state index in [0.717, 1.165) is 45.4 Å². The van der Waals surface area contributed by atoms with Crippen molar-refractivity contribution in [2.24, 2.45) is 11.8 Å². The second-order valence-electron chi connectivity index (χ2n) is 6.98. The molecule has 1 saturated carbocycles. The van der Waals surface area contributed by atoms with Crippen molar-refractivity contribution in [1.29, 1.82) is 0 Å². The number of rotatable bonds is 7. The van der Waals surface area contributed by atoms with Gasteiger partial charge in [-0.2, -0.15) is 11.3 Å². The fourth-order valence-electron chi connectivity index (χ4n) is 3.77. The van der Waals surface area contributed by atoms with Crippen molar-refractivity contribution >= 4 is 11.3 Å². The summed E-state index contributed by atoms with van der Waals surface area (Å²) in [7, 11) is 0. The number of hydrogen-bond donors (Lipinski definition) is 0. The molecule has 3 nitrogen and oxygen atoms in total. The van der Waals surface area contributed by atoms with Crippen LogP contribution >= 0.6 is 11.3 Å². The molecule has 0 bridgehead atoms. The molecule has 3 aliphatic rings. The molecular weight excluding hydrogens is 282 g/mol. The quantitative estimate of drug-likeness (QED) is 0.722. The van der Waals surface area contributed by atoms with Crippen molar-refractivity contribution in [2.45, 2.75) is 37.8 Å². The molecule has 1 atom stereocenters. The predicted octanol–water partition coefficient (Wildman–Crippen LogP) is 3.16. The molecule has 1 aromatic rings. The predicted molar refractivity (Wildman–Crippen MR) is 84.5 cm³/mol. The molecule has 1 aliphatic carbocycles. The van der Waals surface area contributed by atoms with Gasteiger partial charge in [0.1, 0.15) is 0 Å².